The molecule has 4 atom stereocenters. The number of nitrogens with one attached hydrogen (secondary N) is 1. The number of hydrogen-bond donors (Lipinski definition) is 3. The maximum atomic E-state index is 12.1. The van der Waals surface area contributed by atoms with Crippen LogP contribution in [0.4, 0.5) is 0 Å². The summed E-state index contributed by atoms with van der Waals surface area (Å²) < 4.78 is 0. The Morgan fingerprint density at radius 3 is 2.88 bits per heavy atom. The summed E-state index contributed by atoms with van der Waals surface area (Å²) in [4.78, 5) is 21.4. The smallest absolute Gasteiger partial charge is 0.234 e. The molecule has 0 aromatic heterocycles. The Kier molecular flexibility index (Phi) is 4.69. The summed E-state index contributed by atoms with van der Waals surface area (Å²) in [5, 5.41) is 4.31. The predicted molar refractivity (Wildman–Crippen MR) is 102 cm³/mol. The number of amidine groups is 1. The number of nitrogens with zero attached hydrogens (tertiary/aromatic N) is 2. The zero-order valence-electron chi connectivity index (χ0n) is 14.2. The third kappa shape index (κ3) is 3.53. The molecular formula is C18H25N5OS. The molecule has 134 valence electrons. The lowest BCUT2D eigenvalue weighted by Crippen LogP contribution is -2.42. The lowest BCUT2D eigenvalue weighted by Gasteiger charge is -2.23. The van der Waals surface area contributed by atoms with E-state index >= 15 is 0 Å². The maximum Gasteiger partial charge on any atom is 0.234 e. The fourth-order valence-corrected chi connectivity index (χ4v) is 5.35. The number of primary amides is 1. The first-order valence-electron chi connectivity index (χ1n) is 9.10. The highest BCUT2D eigenvalue weighted by atomic mass is 32.2. The standard InChI is InChI=1S/C18H25N5OS/c19-16(22-11-3-2-8-21-9-11)14(17(20)24)18-23-13-5-1-4-12(10-6-7-10)15(13)25-18/h1,4-5,10-12,14-15,21H,2-3,6-9H2,(H2,19,22)(H2,20,24). The third-order valence-corrected chi connectivity index (χ3v) is 6.70. The highest BCUT2D eigenvalue weighted by Crippen LogP contribution is 2.49. The number of amides is 1. The lowest BCUT2D eigenvalue weighted by atomic mass is 9.93. The number of nitrogens with two attached hydrogens (primary N) is 2. The van der Waals surface area contributed by atoms with Gasteiger partial charge < -0.3 is 16.8 Å². The second-order valence-electron chi connectivity index (χ2n) is 7.27. The first kappa shape index (κ1) is 16.8. The van der Waals surface area contributed by atoms with E-state index in [9.17, 15) is 4.79 Å². The van der Waals surface area contributed by atoms with Crippen LogP contribution in [0.3, 0.4) is 0 Å². The van der Waals surface area contributed by atoms with Crippen LogP contribution in [0.2, 0.25) is 0 Å². The van der Waals surface area contributed by atoms with E-state index < -0.39 is 11.8 Å². The van der Waals surface area contributed by atoms with Crippen LogP contribution in [0, 0.1) is 17.8 Å². The van der Waals surface area contributed by atoms with Gasteiger partial charge in [0, 0.05) is 6.54 Å². The molecule has 5 N–H and O–H groups in total. The molecule has 25 heavy (non-hydrogen) atoms. The van der Waals surface area contributed by atoms with E-state index in [0.29, 0.717) is 22.0 Å². The highest BCUT2D eigenvalue weighted by molar-refractivity contribution is 8.15. The van der Waals surface area contributed by atoms with E-state index in [1.165, 1.54) is 12.8 Å². The molecule has 0 aromatic carbocycles. The number of piperidine rings is 1. The van der Waals surface area contributed by atoms with Crippen molar-refractivity contribution in [2.75, 3.05) is 13.1 Å². The highest BCUT2D eigenvalue weighted by Gasteiger charge is 2.43. The van der Waals surface area contributed by atoms with Gasteiger partial charge in [-0.2, -0.15) is 0 Å². The minimum Gasteiger partial charge on any atom is -0.386 e. The van der Waals surface area contributed by atoms with Crippen LogP contribution >= 0.6 is 11.8 Å². The molecule has 4 aliphatic rings. The molecule has 1 saturated heterocycles. The number of carbonyl (C=O) groups excluding carboxylic acids is 1. The van der Waals surface area contributed by atoms with Crippen molar-refractivity contribution in [3.05, 3.63) is 23.9 Å². The molecule has 0 aromatic rings. The van der Waals surface area contributed by atoms with Crippen molar-refractivity contribution in [3.8, 4) is 0 Å². The summed E-state index contributed by atoms with van der Waals surface area (Å²) in [6.07, 6.45) is 11.0. The Bertz CT molecular complexity index is 673. The van der Waals surface area contributed by atoms with Gasteiger partial charge in [-0.15, -0.1) is 0 Å². The molecule has 2 aliphatic carbocycles. The van der Waals surface area contributed by atoms with Crippen LogP contribution in [0.1, 0.15) is 25.7 Å². The first-order chi connectivity index (χ1) is 12.1. The number of thioether (sulfide) groups is 1. The molecule has 0 bridgehead atoms. The second-order valence-corrected chi connectivity index (χ2v) is 8.43. The average Bonchev–Trinajstić information content (AvgIpc) is 3.34. The quantitative estimate of drug-likeness (QED) is 0.506. The van der Waals surface area contributed by atoms with Gasteiger partial charge in [-0.1, -0.05) is 23.9 Å². The van der Waals surface area contributed by atoms with Gasteiger partial charge in [-0.3, -0.25) is 9.79 Å². The topological polar surface area (TPSA) is 106 Å². The summed E-state index contributed by atoms with van der Waals surface area (Å²) in [5.74, 6) is 0.381. The molecular weight excluding hydrogens is 334 g/mol. The average molecular weight is 359 g/mol. The number of hydrogen-bond acceptors (Lipinski definition) is 5. The van der Waals surface area contributed by atoms with Crippen LogP contribution in [0.25, 0.3) is 0 Å². The Morgan fingerprint density at radius 2 is 2.20 bits per heavy atom. The number of rotatable bonds is 5. The molecule has 2 fully saturated rings. The van der Waals surface area contributed by atoms with E-state index in [4.69, 9.17) is 16.5 Å². The number of allylic oxidation sites excluding steroid dienone is 3. The van der Waals surface area contributed by atoms with Crippen molar-refractivity contribution >= 4 is 28.5 Å². The molecule has 2 aliphatic heterocycles. The van der Waals surface area contributed by atoms with Gasteiger partial charge in [0.1, 0.15) is 11.8 Å². The Balaban J connectivity index is 1.54. The third-order valence-electron chi connectivity index (χ3n) is 5.32. The van der Waals surface area contributed by atoms with Crippen molar-refractivity contribution in [3.63, 3.8) is 0 Å². The van der Waals surface area contributed by atoms with Gasteiger partial charge in [0.05, 0.1) is 22.0 Å². The SMILES string of the molecule is NC(=O)C(C(N)=NC1CCCNC1)C1=NC2=CC=CC(C3CC3)C2S1. The van der Waals surface area contributed by atoms with Crippen molar-refractivity contribution in [1.29, 1.82) is 0 Å². The Labute approximate surface area is 152 Å². The van der Waals surface area contributed by atoms with Gasteiger partial charge in [-0.05, 0) is 50.1 Å². The van der Waals surface area contributed by atoms with E-state index in [2.05, 4.69) is 22.5 Å². The Hall–Kier alpha value is -1.60. The van der Waals surface area contributed by atoms with Gasteiger partial charge in [0.15, 0.2) is 0 Å². The molecule has 4 unspecified atom stereocenters. The van der Waals surface area contributed by atoms with Crippen LogP contribution in [-0.2, 0) is 4.79 Å². The number of aliphatic imine (C=N–C) groups is 2. The zero-order chi connectivity index (χ0) is 17.4. The van der Waals surface area contributed by atoms with Gasteiger partial charge in [0.2, 0.25) is 5.91 Å². The summed E-state index contributed by atoms with van der Waals surface area (Å²) in [5.41, 5.74) is 12.9. The predicted octanol–water partition coefficient (Wildman–Crippen LogP) is 1.19. The number of carbonyl (C=O) groups is 1. The first-order valence-corrected chi connectivity index (χ1v) is 9.98. The summed E-state index contributed by atoms with van der Waals surface area (Å²) >= 11 is 1.65. The van der Waals surface area contributed by atoms with Crippen molar-refractivity contribution < 1.29 is 4.79 Å². The molecule has 0 spiro atoms. The monoisotopic (exact) mass is 359 g/mol. The van der Waals surface area contributed by atoms with E-state index in [-0.39, 0.29) is 6.04 Å². The normalized spacial score (nSPS) is 33.4. The van der Waals surface area contributed by atoms with Gasteiger partial charge in [0.25, 0.3) is 0 Å². The van der Waals surface area contributed by atoms with Crippen LogP contribution < -0.4 is 16.8 Å². The summed E-state index contributed by atoms with van der Waals surface area (Å²) in [6.45, 7) is 1.81. The lowest BCUT2D eigenvalue weighted by molar-refractivity contribution is -0.118. The fraction of sp³-hybridized carbons (Fsp3) is 0.611. The minimum atomic E-state index is -0.710. The fourth-order valence-electron chi connectivity index (χ4n) is 3.84. The molecule has 6 nitrogen and oxygen atoms in total. The molecule has 1 saturated carbocycles. The van der Waals surface area contributed by atoms with Crippen LogP contribution in [0.5, 0.6) is 0 Å². The van der Waals surface area contributed by atoms with Gasteiger partial charge >= 0.3 is 0 Å². The molecule has 1 amide bonds. The molecule has 0 radical (unpaired) electrons. The Morgan fingerprint density at radius 1 is 1.36 bits per heavy atom. The number of fused-ring (bicyclic) bond motifs is 1. The van der Waals surface area contributed by atoms with Crippen molar-refractivity contribution in [2.24, 2.45) is 39.2 Å². The summed E-state index contributed by atoms with van der Waals surface area (Å²) in [6, 6.07) is 0.116. The second kappa shape index (κ2) is 6.96. The van der Waals surface area contributed by atoms with Crippen molar-refractivity contribution in [2.45, 2.75) is 37.0 Å². The van der Waals surface area contributed by atoms with Crippen LogP contribution in [-0.4, -0.2) is 41.2 Å². The molecule has 7 heteroatoms. The molecule has 2 heterocycles. The van der Waals surface area contributed by atoms with E-state index in [0.717, 1.165) is 37.5 Å². The van der Waals surface area contributed by atoms with E-state index in [1.54, 1.807) is 11.8 Å². The van der Waals surface area contributed by atoms with Gasteiger partial charge in [-0.25, -0.2) is 4.99 Å². The minimum absolute atomic E-state index is 0.116. The van der Waals surface area contributed by atoms with Crippen LogP contribution in [0.15, 0.2) is 33.9 Å². The largest absolute Gasteiger partial charge is 0.386 e. The molecule has 4 rings (SSSR count). The van der Waals surface area contributed by atoms with Crippen molar-refractivity contribution in [1.82, 2.24) is 5.32 Å². The zero-order valence-corrected chi connectivity index (χ0v) is 15.0. The maximum absolute atomic E-state index is 12.1. The van der Waals surface area contributed by atoms with E-state index in [1.807, 2.05) is 6.08 Å². The summed E-state index contributed by atoms with van der Waals surface area (Å²) in [7, 11) is 0.